The summed E-state index contributed by atoms with van der Waals surface area (Å²) in [4.78, 5) is 12.1. The highest BCUT2D eigenvalue weighted by atomic mass is 16.5. The van der Waals surface area contributed by atoms with Crippen molar-refractivity contribution in [2.75, 3.05) is 19.8 Å². The lowest BCUT2D eigenvalue weighted by Crippen LogP contribution is -2.51. The van der Waals surface area contributed by atoms with Gasteiger partial charge in [-0.2, -0.15) is 0 Å². The summed E-state index contributed by atoms with van der Waals surface area (Å²) in [6.07, 6.45) is 7.46. The third-order valence-electron chi connectivity index (χ3n) is 3.68. The molecule has 4 heteroatoms. The quantitative estimate of drug-likeness (QED) is 0.442. The van der Waals surface area contributed by atoms with Gasteiger partial charge in [0, 0.05) is 19.3 Å². The molecule has 0 aliphatic heterocycles. The lowest BCUT2D eigenvalue weighted by Gasteiger charge is -2.28. The highest BCUT2D eigenvalue weighted by Gasteiger charge is 2.38. The first-order valence-electron chi connectivity index (χ1n) is 8.15. The molecule has 1 fully saturated rings. The Kier molecular flexibility index (Phi) is 8.15. The fourth-order valence-corrected chi connectivity index (χ4v) is 2.23. The zero-order valence-corrected chi connectivity index (χ0v) is 13.4. The standard InChI is InChI=1S/C16H31NO3/c1-4-6-12-19-13-8-7-11-16(3,15(18)20-5-2)17-14-9-10-14/h14,17H,4-13H2,1-3H3. The normalized spacial score (nSPS) is 17.8. The SMILES string of the molecule is CCCCOCCCCC(C)(NC1CC1)C(=O)OCC. The summed E-state index contributed by atoms with van der Waals surface area (Å²) in [5, 5.41) is 3.45. The molecule has 0 aromatic rings. The number of nitrogens with one attached hydrogen (secondary N) is 1. The van der Waals surface area contributed by atoms with Gasteiger partial charge in [-0.05, 0) is 52.4 Å². The molecule has 1 atom stereocenters. The van der Waals surface area contributed by atoms with E-state index < -0.39 is 5.54 Å². The molecule has 20 heavy (non-hydrogen) atoms. The molecule has 1 saturated carbocycles. The van der Waals surface area contributed by atoms with E-state index in [1.54, 1.807) is 0 Å². The molecular weight excluding hydrogens is 254 g/mol. The van der Waals surface area contributed by atoms with Crippen LogP contribution in [0, 0.1) is 0 Å². The highest BCUT2D eigenvalue weighted by molar-refractivity contribution is 5.80. The lowest BCUT2D eigenvalue weighted by molar-refractivity contribution is -0.151. The Morgan fingerprint density at radius 3 is 2.50 bits per heavy atom. The van der Waals surface area contributed by atoms with E-state index in [1.165, 1.54) is 19.3 Å². The Morgan fingerprint density at radius 2 is 1.90 bits per heavy atom. The van der Waals surface area contributed by atoms with E-state index in [2.05, 4.69) is 12.2 Å². The van der Waals surface area contributed by atoms with Crippen LogP contribution in [0.1, 0.15) is 65.7 Å². The van der Waals surface area contributed by atoms with Crippen molar-refractivity contribution in [3.05, 3.63) is 0 Å². The lowest BCUT2D eigenvalue weighted by atomic mass is 9.94. The van der Waals surface area contributed by atoms with Crippen molar-refractivity contribution in [2.45, 2.75) is 77.3 Å². The second-order valence-corrected chi connectivity index (χ2v) is 5.89. The average molecular weight is 285 g/mol. The fraction of sp³-hybridized carbons (Fsp3) is 0.938. The molecule has 4 nitrogen and oxygen atoms in total. The molecule has 0 spiro atoms. The minimum Gasteiger partial charge on any atom is -0.465 e. The van der Waals surface area contributed by atoms with Gasteiger partial charge in [-0.25, -0.2) is 0 Å². The monoisotopic (exact) mass is 285 g/mol. The first kappa shape index (κ1) is 17.4. The molecule has 1 N–H and O–H groups in total. The summed E-state index contributed by atoms with van der Waals surface area (Å²) in [5.74, 6) is -0.112. The van der Waals surface area contributed by atoms with Gasteiger partial charge in [0.05, 0.1) is 6.61 Å². The number of carbonyl (C=O) groups is 1. The largest absolute Gasteiger partial charge is 0.465 e. The van der Waals surface area contributed by atoms with Crippen molar-refractivity contribution < 1.29 is 14.3 Å². The molecular formula is C16H31NO3. The Bertz CT molecular complexity index is 279. The molecule has 0 aromatic carbocycles. The van der Waals surface area contributed by atoms with Crippen molar-refractivity contribution >= 4 is 5.97 Å². The predicted octanol–water partition coefficient (Wildman–Crippen LogP) is 3.05. The van der Waals surface area contributed by atoms with Crippen LogP contribution in [-0.2, 0) is 14.3 Å². The minimum absolute atomic E-state index is 0.112. The van der Waals surface area contributed by atoms with Gasteiger partial charge in [0.25, 0.3) is 0 Å². The number of hydrogen-bond acceptors (Lipinski definition) is 4. The van der Waals surface area contributed by atoms with E-state index >= 15 is 0 Å². The second-order valence-electron chi connectivity index (χ2n) is 5.89. The van der Waals surface area contributed by atoms with E-state index in [9.17, 15) is 4.79 Å². The maximum atomic E-state index is 12.1. The maximum absolute atomic E-state index is 12.1. The van der Waals surface area contributed by atoms with E-state index in [-0.39, 0.29) is 5.97 Å². The molecule has 0 saturated heterocycles. The molecule has 0 bridgehead atoms. The van der Waals surface area contributed by atoms with Crippen LogP contribution in [0.2, 0.25) is 0 Å². The Balaban J connectivity index is 2.23. The van der Waals surface area contributed by atoms with Gasteiger partial charge in [0.15, 0.2) is 0 Å². The van der Waals surface area contributed by atoms with E-state index in [0.717, 1.165) is 38.9 Å². The molecule has 0 aromatic heterocycles. The minimum atomic E-state index is -0.527. The summed E-state index contributed by atoms with van der Waals surface area (Å²) in [6, 6.07) is 0.505. The zero-order chi connectivity index (χ0) is 14.8. The van der Waals surface area contributed by atoms with Crippen molar-refractivity contribution in [3.63, 3.8) is 0 Å². The topological polar surface area (TPSA) is 47.6 Å². The van der Waals surface area contributed by atoms with Crippen LogP contribution in [0.15, 0.2) is 0 Å². The first-order chi connectivity index (χ1) is 9.62. The maximum Gasteiger partial charge on any atom is 0.326 e. The zero-order valence-electron chi connectivity index (χ0n) is 13.4. The van der Waals surface area contributed by atoms with Crippen LogP contribution in [-0.4, -0.2) is 37.4 Å². The summed E-state index contributed by atoms with van der Waals surface area (Å²) < 4.78 is 10.8. The van der Waals surface area contributed by atoms with Crippen molar-refractivity contribution in [3.8, 4) is 0 Å². The van der Waals surface area contributed by atoms with E-state index in [1.807, 2.05) is 13.8 Å². The number of rotatable bonds is 12. The van der Waals surface area contributed by atoms with Crippen molar-refractivity contribution in [1.29, 1.82) is 0 Å². The van der Waals surface area contributed by atoms with Crippen molar-refractivity contribution in [2.24, 2.45) is 0 Å². The van der Waals surface area contributed by atoms with Gasteiger partial charge in [-0.3, -0.25) is 10.1 Å². The number of carbonyl (C=O) groups excluding carboxylic acids is 1. The van der Waals surface area contributed by atoms with Crippen LogP contribution in [0.3, 0.4) is 0 Å². The van der Waals surface area contributed by atoms with Gasteiger partial charge < -0.3 is 9.47 Å². The van der Waals surface area contributed by atoms with Gasteiger partial charge in [-0.1, -0.05) is 13.3 Å². The molecule has 1 unspecified atom stereocenters. The smallest absolute Gasteiger partial charge is 0.326 e. The van der Waals surface area contributed by atoms with E-state index in [0.29, 0.717) is 12.6 Å². The van der Waals surface area contributed by atoms with E-state index in [4.69, 9.17) is 9.47 Å². The first-order valence-corrected chi connectivity index (χ1v) is 8.15. The number of hydrogen-bond donors (Lipinski definition) is 1. The Hall–Kier alpha value is -0.610. The van der Waals surface area contributed by atoms with Crippen LogP contribution in [0.5, 0.6) is 0 Å². The van der Waals surface area contributed by atoms with Gasteiger partial charge in [0.1, 0.15) is 5.54 Å². The Labute approximate surface area is 123 Å². The van der Waals surface area contributed by atoms with Gasteiger partial charge in [-0.15, -0.1) is 0 Å². The van der Waals surface area contributed by atoms with Crippen LogP contribution < -0.4 is 5.32 Å². The molecule has 0 heterocycles. The molecule has 0 amide bonds. The van der Waals surface area contributed by atoms with Gasteiger partial charge in [0.2, 0.25) is 0 Å². The summed E-state index contributed by atoms with van der Waals surface area (Å²) in [5.41, 5.74) is -0.527. The molecule has 118 valence electrons. The van der Waals surface area contributed by atoms with Crippen LogP contribution >= 0.6 is 0 Å². The molecule has 1 aliphatic rings. The Morgan fingerprint density at radius 1 is 1.20 bits per heavy atom. The fourth-order valence-electron chi connectivity index (χ4n) is 2.23. The predicted molar refractivity (Wildman–Crippen MR) is 80.8 cm³/mol. The van der Waals surface area contributed by atoms with Crippen LogP contribution in [0.4, 0.5) is 0 Å². The molecule has 1 rings (SSSR count). The third-order valence-corrected chi connectivity index (χ3v) is 3.68. The highest BCUT2D eigenvalue weighted by Crippen LogP contribution is 2.26. The summed E-state index contributed by atoms with van der Waals surface area (Å²) >= 11 is 0. The third kappa shape index (κ3) is 6.71. The number of unbranched alkanes of at least 4 members (excludes halogenated alkanes) is 2. The second kappa shape index (κ2) is 9.35. The van der Waals surface area contributed by atoms with Crippen LogP contribution in [0.25, 0.3) is 0 Å². The van der Waals surface area contributed by atoms with Gasteiger partial charge >= 0.3 is 5.97 Å². The average Bonchev–Trinajstić information content (AvgIpc) is 3.22. The molecule has 0 radical (unpaired) electrons. The molecule has 1 aliphatic carbocycles. The van der Waals surface area contributed by atoms with Crippen molar-refractivity contribution in [1.82, 2.24) is 5.32 Å². The number of esters is 1. The summed E-state index contributed by atoms with van der Waals surface area (Å²) in [7, 11) is 0. The number of ether oxygens (including phenoxy) is 2. The summed E-state index contributed by atoms with van der Waals surface area (Å²) in [6.45, 7) is 8.09.